The summed E-state index contributed by atoms with van der Waals surface area (Å²) in [5.74, 6) is -0.771. The molecule has 1 heterocycles. The van der Waals surface area contributed by atoms with E-state index in [-0.39, 0.29) is 16.3 Å². The highest BCUT2D eigenvalue weighted by atomic mass is 32.2. The smallest absolute Gasteiger partial charge is 0.320 e. The van der Waals surface area contributed by atoms with E-state index in [1.54, 1.807) is 0 Å². The summed E-state index contributed by atoms with van der Waals surface area (Å²) in [7, 11) is -2.38. The first-order valence-corrected chi connectivity index (χ1v) is 10.7. The Bertz CT molecular complexity index is 1260. The molecule has 2 N–H and O–H groups in total. The number of hydrogen-bond donors (Lipinski definition) is 2. The van der Waals surface area contributed by atoms with E-state index in [1.165, 1.54) is 36.0 Å². The second-order valence-corrected chi connectivity index (χ2v) is 8.83. The van der Waals surface area contributed by atoms with E-state index < -0.39 is 26.5 Å². The van der Waals surface area contributed by atoms with Crippen molar-refractivity contribution in [2.24, 2.45) is 7.05 Å². The Morgan fingerprint density at radius 3 is 2.23 bits per heavy atom. The van der Waals surface area contributed by atoms with Gasteiger partial charge in [-0.25, -0.2) is 8.42 Å². The van der Waals surface area contributed by atoms with Crippen molar-refractivity contribution in [3.05, 3.63) is 75.1 Å². The number of aromatic nitrogens is 2. The number of nitro groups is 1. The number of carbonyl (C=O) groups excluding carboxylic acids is 1. The number of aryl methyl sites for hydroxylation is 4. The fourth-order valence-corrected chi connectivity index (χ4v) is 4.42. The largest absolute Gasteiger partial charge is 0.320 e. The molecule has 11 heteroatoms. The zero-order valence-corrected chi connectivity index (χ0v) is 18.1. The minimum absolute atomic E-state index is 0.00805. The first-order chi connectivity index (χ1) is 14.5. The highest BCUT2D eigenvalue weighted by Gasteiger charge is 2.25. The van der Waals surface area contributed by atoms with Gasteiger partial charge in [-0.05, 0) is 56.2 Å². The van der Waals surface area contributed by atoms with Crippen LogP contribution in [0.4, 0.5) is 17.1 Å². The third kappa shape index (κ3) is 4.72. The van der Waals surface area contributed by atoms with Crippen LogP contribution in [-0.4, -0.2) is 29.0 Å². The van der Waals surface area contributed by atoms with E-state index in [9.17, 15) is 23.3 Å². The first kappa shape index (κ1) is 22.0. The van der Waals surface area contributed by atoms with E-state index in [2.05, 4.69) is 15.1 Å². The van der Waals surface area contributed by atoms with Crippen molar-refractivity contribution in [1.29, 1.82) is 0 Å². The number of rotatable bonds is 6. The molecule has 1 amide bonds. The van der Waals surface area contributed by atoms with Gasteiger partial charge < -0.3 is 5.32 Å². The minimum Gasteiger partial charge on any atom is -0.320 e. The lowest BCUT2D eigenvalue weighted by Gasteiger charge is -2.14. The van der Waals surface area contributed by atoms with Crippen LogP contribution in [0, 0.1) is 30.9 Å². The lowest BCUT2D eigenvalue weighted by Crippen LogP contribution is -2.16. The van der Waals surface area contributed by atoms with E-state index in [0.29, 0.717) is 5.69 Å². The Morgan fingerprint density at radius 2 is 1.68 bits per heavy atom. The topological polar surface area (TPSA) is 136 Å². The fourth-order valence-electron chi connectivity index (χ4n) is 3.21. The number of carbonyl (C=O) groups is 1. The predicted octanol–water partition coefficient (Wildman–Crippen LogP) is 3.31. The molecule has 0 fully saturated rings. The molecule has 0 bridgehead atoms. The second kappa shape index (κ2) is 8.19. The molecular formula is C20H21N5O5S. The summed E-state index contributed by atoms with van der Waals surface area (Å²) in [6, 6.07) is 9.25. The SMILES string of the molecule is Cc1cc(C)c(NS(=O)(=O)c2ccc(NC(=O)c3nn(C)cc3[N+](=O)[O-])cc2)c(C)c1. The molecule has 0 saturated carbocycles. The highest BCUT2D eigenvalue weighted by Crippen LogP contribution is 2.26. The van der Waals surface area contributed by atoms with Gasteiger partial charge in [0, 0.05) is 12.7 Å². The normalized spacial score (nSPS) is 11.2. The predicted molar refractivity (Wildman–Crippen MR) is 116 cm³/mol. The van der Waals surface area contributed by atoms with Crippen molar-refractivity contribution in [3.63, 3.8) is 0 Å². The van der Waals surface area contributed by atoms with Crippen molar-refractivity contribution in [1.82, 2.24) is 9.78 Å². The number of amides is 1. The van der Waals surface area contributed by atoms with Gasteiger partial charge in [-0.2, -0.15) is 5.10 Å². The Hall–Kier alpha value is -3.73. The monoisotopic (exact) mass is 443 g/mol. The molecule has 0 aliphatic carbocycles. The highest BCUT2D eigenvalue weighted by molar-refractivity contribution is 7.92. The first-order valence-electron chi connectivity index (χ1n) is 9.18. The van der Waals surface area contributed by atoms with Crippen molar-refractivity contribution >= 4 is 33.0 Å². The van der Waals surface area contributed by atoms with Crippen molar-refractivity contribution < 1.29 is 18.1 Å². The number of anilines is 2. The van der Waals surface area contributed by atoms with Crippen LogP contribution in [0.5, 0.6) is 0 Å². The third-order valence-corrected chi connectivity index (χ3v) is 5.92. The van der Waals surface area contributed by atoms with Crippen LogP contribution in [0.15, 0.2) is 47.5 Å². The maximum absolute atomic E-state index is 12.8. The Balaban J connectivity index is 1.80. The zero-order chi connectivity index (χ0) is 22.9. The molecule has 0 unspecified atom stereocenters. The van der Waals surface area contributed by atoms with Crippen LogP contribution in [0.1, 0.15) is 27.2 Å². The summed E-state index contributed by atoms with van der Waals surface area (Å²) < 4.78 is 29.3. The zero-order valence-electron chi connectivity index (χ0n) is 17.3. The molecule has 31 heavy (non-hydrogen) atoms. The Kier molecular flexibility index (Phi) is 5.80. The third-order valence-electron chi connectivity index (χ3n) is 4.56. The average molecular weight is 443 g/mol. The van der Waals surface area contributed by atoms with Crippen LogP contribution >= 0.6 is 0 Å². The fraction of sp³-hybridized carbons (Fsp3) is 0.200. The van der Waals surface area contributed by atoms with Crippen LogP contribution in [0.2, 0.25) is 0 Å². The summed E-state index contributed by atoms with van der Waals surface area (Å²) in [5, 5.41) is 17.4. The Morgan fingerprint density at radius 1 is 1.10 bits per heavy atom. The molecule has 1 aromatic heterocycles. The molecular weight excluding hydrogens is 422 g/mol. The molecule has 2 aromatic carbocycles. The van der Waals surface area contributed by atoms with Gasteiger partial charge in [0.1, 0.15) is 6.20 Å². The summed E-state index contributed by atoms with van der Waals surface area (Å²) >= 11 is 0. The van der Waals surface area contributed by atoms with E-state index in [1.807, 2.05) is 32.9 Å². The summed E-state index contributed by atoms with van der Waals surface area (Å²) in [5.41, 5.74) is 2.68. The van der Waals surface area contributed by atoms with Gasteiger partial charge >= 0.3 is 5.69 Å². The quantitative estimate of drug-likeness (QED) is 0.443. The number of sulfonamides is 1. The Labute approximate surface area is 179 Å². The molecule has 0 aliphatic heterocycles. The van der Waals surface area contributed by atoms with E-state index in [0.717, 1.165) is 22.9 Å². The summed E-state index contributed by atoms with van der Waals surface area (Å²) in [4.78, 5) is 22.7. The standard InChI is InChI=1S/C20H21N5O5S/c1-12-9-13(2)18(14(3)10-12)23-31(29,30)16-7-5-15(6-8-16)21-20(26)19-17(25(27)28)11-24(4)22-19/h5-11,23H,1-4H3,(H,21,26). The maximum Gasteiger partial charge on any atom is 0.320 e. The molecule has 0 saturated heterocycles. The average Bonchev–Trinajstić information content (AvgIpc) is 3.07. The molecule has 10 nitrogen and oxygen atoms in total. The summed E-state index contributed by atoms with van der Waals surface area (Å²) in [6.45, 7) is 5.59. The van der Waals surface area contributed by atoms with Crippen molar-refractivity contribution in [2.45, 2.75) is 25.7 Å². The van der Waals surface area contributed by atoms with E-state index >= 15 is 0 Å². The molecule has 162 valence electrons. The molecule has 3 rings (SSSR count). The molecule has 0 radical (unpaired) electrons. The van der Waals surface area contributed by atoms with Gasteiger partial charge in [0.2, 0.25) is 5.69 Å². The molecule has 0 spiro atoms. The summed E-state index contributed by atoms with van der Waals surface area (Å²) in [6.07, 6.45) is 1.13. The number of hydrogen-bond acceptors (Lipinski definition) is 6. The lowest BCUT2D eigenvalue weighted by atomic mass is 10.1. The van der Waals surface area contributed by atoms with Crippen LogP contribution in [0.25, 0.3) is 0 Å². The van der Waals surface area contributed by atoms with E-state index in [4.69, 9.17) is 0 Å². The van der Waals surface area contributed by atoms with Crippen LogP contribution in [-0.2, 0) is 17.1 Å². The number of nitrogens with one attached hydrogen (secondary N) is 2. The lowest BCUT2D eigenvalue weighted by molar-refractivity contribution is -0.385. The van der Waals surface area contributed by atoms with Crippen molar-refractivity contribution in [2.75, 3.05) is 10.0 Å². The maximum atomic E-state index is 12.8. The van der Waals surface area contributed by atoms with Gasteiger partial charge in [0.25, 0.3) is 15.9 Å². The van der Waals surface area contributed by atoms with Gasteiger partial charge in [-0.1, -0.05) is 17.7 Å². The van der Waals surface area contributed by atoms with Gasteiger partial charge in [-0.3, -0.25) is 24.3 Å². The number of benzene rings is 2. The van der Waals surface area contributed by atoms with Crippen LogP contribution in [0.3, 0.4) is 0 Å². The van der Waals surface area contributed by atoms with Gasteiger partial charge in [0.15, 0.2) is 0 Å². The second-order valence-electron chi connectivity index (χ2n) is 7.15. The minimum atomic E-state index is -3.85. The van der Waals surface area contributed by atoms with Crippen molar-refractivity contribution in [3.8, 4) is 0 Å². The molecule has 0 atom stereocenters. The molecule has 0 aliphatic rings. The van der Waals surface area contributed by atoms with Gasteiger partial charge in [-0.15, -0.1) is 0 Å². The van der Waals surface area contributed by atoms with Gasteiger partial charge in [0.05, 0.1) is 15.5 Å². The van der Waals surface area contributed by atoms with Crippen LogP contribution < -0.4 is 10.0 Å². The number of nitrogens with zero attached hydrogens (tertiary/aromatic N) is 3. The molecule has 3 aromatic rings.